The van der Waals surface area contributed by atoms with Crippen LogP contribution in [0.15, 0.2) is 0 Å². The zero-order valence-electron chi connectivity index (χ0n) is 14.2. The van der Waals surface area contributed by atoms with Crippen molar-refractivity contribution in [1.82, 2.24) is 0 Å². The van der Waals surface area contributed by atoms with Crippen LogP contribution in [0.5, 0.6) is 0 Å². The minimum absolute atomic E-state index is 0.0466. The molecule has 0 spiro atoms. The van der Waals surface area contributed by atoms with Gasteiger partial charge in [-0.1, -0.05) is 77.6 Å². The van der Waals surface area contributed by atoms with Gasteiger partial charge in [0.1, 0.15) is 0 Å². The van der Waals surface area contributed by atoms with Crippen molar-refractivity contribution in [2.24, 2.45) is 5.92 Å². The predicted molar refractivity (Wildman–Crippen MR) is 89.1 cm³/mol. The van der Waals surface area contributed by atoms with Crippen LogP contribution in [0.2, 0.25) is 0 Å². The molecule has 0 amide bonds. The number of carboxylic acid groups (broad SMARTS) is 2. The molecule has 0 rings (SSSR count). The molecule has 22 heavy (non-hydrogen) atoms. The lowest BCUT2D eigenvalue weighted by Gasteiger charge is -2.10. The highest BCUT2D eigenvalue weighted by Gasteiger charge is 2.17. The number of rotatable bonds is 16. The molecule has 0 aromatic heterocycles. The molecule has 0 radical (unpaired) electrons. The van der Waals surface area contributed by atoms with Crippen LogP contribution in [0.1, 0.15) is 96.8 Å². The van der Waals surface area contributed by atoms with Gasteiger partial charge in [0.05, 0.1) is 5.92 Å². The Morgan fingerprint density at radius 1 is 0.727 bits per heavy atom. The highest BCUT2D eigenvalue weighted by Crippen LogP contribution is 2.18. The van der Waals surface area contributed by atoms with Crippen LogP contribution in [-0.2, 0) is 9.59 Å². The van der Waals surface area contributed by atoms with E-state index < -0.39 is 17.9 Å². The van der Waals surface area contributed by atoms with Gasteiger partial charge in [-0.05, 0) is 12.8 Å². The molecule has 0 fully saturated rings. The monoisotopic (exact) mass is 314 g/mol. The number of carbonyl (C=O) groups is 2. The summed E-state index contributed by atoms with van der Waals surface area (Å²) in [5, 5.41) is 17.7. The van der Waals surface area contributed by atoms with Gasteiger partial charge < -0.3 is 10.2 Å². The van der Waals surface area contributed by atoms with E-state index in [-0.39, 0.29) is 12.8 Å². The summed E-state index contributed by atoms with van der Waals surface area (Å²) in [5.74, 6) is -2.26. The molecule has 130 valence electrons. The largest absolute Gasteiger partial charge is 0.481 e. The third-order valence-electron chi connectivity index (χ3n) is 4.21. The normalized spacial score (nSPS) is 12.2. The van der Waals surface area contributed by atoms with Crippen LogP contribution in [0.4, 0.5) is 0 Å². The van der Waals surface area contributed by atoms with E-state index in [9.17, 15) is 9.59 Å². The molecule has 0 saturated heterocycles. The van der Waals surface area contributed by atoms with E-state index in [0.29, 0.717) is 6.42 Å². The molecule has 4 nitrogen and oxygen atoms in total. The number of carboxylic acids is 2. The van der Waals surface area contributed by atoms with E-state index in [0.717, 1.165) is 12.8 Å². The second-order valence-corrected chi connectivity index (χ2v) is 6.29. The Morgan fingerprint density at radius 2 is 1.18 bits per heavy atom. The molecule has 0 heterocycles. The van der Waals surface area contributed by atoms with Crippen molar-refractivity contribution in [1.29, 1.82) is 0 Å². The van der Waals surface area contributed by atoms with Gasteiger partial charge in [0.2, 0.25) is 0 Å². The summed E-state index contributed by atoms with van der Waals surface area (Å²) < 4.78 is 0. The van der Waals surface area contributed by atoms with Gasteiger partial charge >= 0.3 is 11.9 Å². The molecule has 1 atom stereocenters. The van der Waals surface area contributed by atoms with Crippen LogP contribution in [0.25, 0.3) is 0 Å². The summed E-state index contributed by atoms with van der Waals surface area (Å²) in [6.07, 6.45) is 14.5. The molecule has 0 aliphatic carbocycles. The van der Waals surface area contributed by atoms with Gasteiger partial charge in [0, 0.05) is 6.42 Å². The van der Waals surface area contributed by atoms with Gasteiger partial charge in [-0.2, -0.15) is 0 Å². The van der Waals surface area contributed by atoms with Gasteiger partial charge in [0.25, 0.3) is 0 Å². The lowest BCUT2D eigenvalue weighted by atomic mass is 9.95. The quantitative estimate of drug-likeness (QED) is 0.381. The van der Waals surface area contributed by atoms with E-state index in [1.165, 1.54) is 57.8 Å². The fraction of sp³-hybridized carbons (Fsp3) is 0.889. The Labute approximate surface area is 135 Å². The third-order valence-corrected chi connectivity index (χ3v) is 4.21. The maximum Gasteiger partial charge on any atom is 0.306 e. The molecular formula is C18H34O4. The molecule has 0 saturated carbocycles. The maximum absolute atomic E-state index is 11.0. The van der Waals surface area contributed by atoms with Crippen LogP contribution in [-0.4, -0.2) is 22.2 Å². The molecule has 0 aromatic rings. The van der Waals surface area contributed by atoms with Crippen LogP contribution in [0.3, 0.4) is 0 Å². The number of hydrogen-bond donors (Lipinski definition) is 2. The highest BCUT2D eigenvalue weighted by molar-refractivity contribution is 5.72. The van der Waals surface area contributed by atoms with Crippen molar-refractivity contribution in [2.75, 3.05) is 0 Å². The van der Waals surface area contributed by atoms with Crippen molar-refractivity contribution in [2.45, 2.75) is 96.8 Å². The summed E-state index contributed by atoms with van der Waals surface area (Å²) in [6.45, 7) is 2.23. The molecule has 0 aliphatic rings. The molecule has 0 aromatic carbocycles. The molecular weight excluding hydrogens is 280 g/mol. The third kappa shape index (κ3) is 13.9. The second-order valence-electron chi connectivity index (χ2n) is 6.29. The topological polar surface area (TPSA) is 74.6 Å². The highest BCUT2D eigenvalue weighted by atomic mass is 16.4. The van der Waals surface area contributed by atoms with Crippen LogP contribution >= 0.6 is 0 Å². The SMILES string of the molecule is CCCCCCCCCCCCCC(CCC(=O)O)C(=O)O. The predicted octanol–water partition coefficient (Wildman–Crippen LogP) is 5.25. The van der Waals surface area contributed by atoms with Crippen molar-refractivity contribution in [3.8, 4) is 0 Å². The van der Waals surface area contributed by atoms with Crippen LogP contribution in [0, 0.1) is 5.92 Å². The van der Waals surface area contributed by atoms with Crippen molar-refractivity contribution >= 4 is 11.9 Å². The second kappa shape index (κ2) is 14.9. The Kier molecular flexibility index (Phi) is 14.1. The number of aliphatic carboxylic acids is 2. The first-order chi connectivity index (χ1) is 10.6. The first-order valence-electron chi connectivity index (χ1n) is 9.02. The summed E-state index contributed by atoms with van der Waals surface area (Å²) in [7, 11) is 0. The number of unbranched alkanes of at least 4 members (excludes halogenated alkanes) is 10. The summed E-state index contributed by atoms with van der Waals surface area (Å²) in [6, 6.07) is 0. The summed E-state index contributed by atoms with van der Waals surface area (Å²) >= 11 is 0. The lowest BCUT2D eigenvalue weighted by Crippen LogP contribution is -2.15. The summed E-state index contributed by atoms with van der Waals surface area (Å²) in [5.41, 5.74) is 0. The minimum Gasteiger partial charge on any atom is -0.481 e. The van der Waals surface area contributed by atoms with Crippen LogP contribution < -0.4 is 0 Å². The maximum atomic E-state index is 11.0. The molecule has 1 unspecified atom stereocenters. The molecule has 0 bridgehead atoms. The van der Waals surface area contributed by atoms with Crippen molar-refractivity contribution in [3.63, 3.8) is 0 Å². The van der Waals surface area contributed by atoms with E-state index >= 15 is 0 Å². The van der Waals surface area contributed by atoms with E-state index in [2.05, 4.69) is 6.92 Å². The minimum atomic E-state index is -0.912. The van der Waals surface area contributed by atoms with Crippen molar-refractivity contribution < 1.29 is 19.8 Å². The zero-order chi connectivity index (χ0) is 16.6. The van der Waals surface area contributed by atoms with Gasteiger partial charge in [-0.3, -0.25) is 9.59 Å². The molecule has 2 N–H and O–H groups in total. The Hall–Kier alpha value is -1.06. The van der Waals surface area contributed by atoms with Gasteiger partial charge in [-0.25, -0.2) is 0 Å². The lowest BCUT2D eigenvalue weighted by molar-refractivity contribution is -0.143. The van der Waals surface area contributed by atoms with E-state index in [1.54, 1.807) is 0 Å². The number of hydrogen-bond acceptors (Lipinski definition) is 2. The zero-order valence-corrected chi connectivity index (χ0v) is 14.2. The standard InChI is InChI=1S/C18H34O4/c1-2-3-4-5-6-7-8-9-10-11-12-13-16(18(21)22)14-15-17(19)20/h16H,2-15H2,1H3,(H,19,20)(H,21,22). The Balaban J connectivity index is 3.42. The molecule has 0 aliphatic heterocycles. The summed E-state index contributed by atoms with van der Waals surface area (Å²) in [4.78, 5) is 21.5. The average molecular weight is 314 g/mol. The smallest absolute Gasteiger partial charge is 0.306 e. The average Bonchev–Trinajstić information content (AvgIpc) is 2.47. The molecule has 4 heteroatoms. The fourth-order valence-electron chi connectivity index (χ4n) is 2.74. The first-order valence-corrected chi connectivity index (χ1v) is 9.02. The fourth-order valence-corrected chi connectivity index (χ4v) is 2.74. The van der Waals surface area contributed by atoms with Gasteiger partial charge in [0.15, 0.2) is 0 Å². The van der Waals surface area contributed by atoms with Crippen molar-refractivity contribution in [3.05, 3.63) is 0 Å². The van der Waals surface area contributed by atoms with E-state index in [1.807, 2.05) is 0 Å². The first kappa shape index (κ1) is 20.9. The van der Waals surface area contributed by atoms with E-state index in [4.69, 9.17) is 10.2 Å². The van der Waals surface area contributed by atoms with Gasteiger partial charge in [-0.15, -0.1) is 0 Å². The Morgan fingerprint density at radius 3 is 1.59 bits per heavy atom. The Bertz CT molecular complexity index is 289.